The second-order valence-electron chi connectivity index (χ2n) is 5.18. The Hall–Kier alpha value is -2.77. The minimum absolute atomic E-state index is 0.00379. The highest BCUT2D eigenvalue weighted by Gasteiger charge is 2.07. The number of ether oxygens (including phenoxy) is 1. The molecule has 132 valence electrons. The Balaban J connectivity index is 2.26. The van der Waals surface area contributed by atoms with Gasteiger partial charge in [0, 0.05) is 25.0 Å². The molecule has 1 aromatic carbocycles. The van der Waals surface area contributed by atoms with Gasteiger partial charge < -0.3 is 20.1 Å². The molecule has 0 radical (unpaired) electrons. The molecule has 0 aliphatic heterocycles. The number of unbranched alkanes of at least 4 members (excludes halogenated alkanes) is 3. The van der Waals surface area contributed by atoms with Gasteiger partial charge >= 0.3 is 5.97 Å². The van der Waals surface area contributed by atoms with Crippen LogP contribution in [-0.2, 0) is 14.3 Å². The van der Waals surface area contributed by atoms with Crippen LogP contribution in [0.5, 0.6) is 17.2 Å². The second kappa shape index (κ2) is 10.1. The maximum absolute atomic E-state index is 11.6. The van der Waals surface area contributed by atoms with E-state index in [1.165, 1.54) is 7.11 Å². The topological polar surface area (TPSA) is 128 Å². The fourth-order valence-electron chi connectivity index (χ4n) is 1.98. The number of carbonyl (C=O) groups excluding carboxylic acids is 2. The van der Waals surface area contributed by atoms with Crippen LogP contribution in [0.4, 0.5) is 0 Å². The molecule has 0 bridgehead atoms. The van der Waals surface area contributed by atoms with Gasteiger partial charge in [-0.2, -0.15) is 5.10 Å². The van der Waals surface area contributed by atoms with Gasteiger partial charge in [-0.3, -0.25) is 9.59 Å². The largest absolute Gasteiger partial charge is 0.508 e. The summed E-state index contributed by atoms with van der Waals surface area (Å²) in [5, 5.41) is 32.0. The summed E-state index contributed by atoms with van der Waals surface area (Å²) in [5.41, 5.74) is 2.29. The summed E-state index contributed by atoms with van der Waals surface area (Å²) in [5.74, 6) is -1.51. The minimum Gasteiger partial charge on any atom is -0.508 e. The first-order valence-electron chi connectivity index (χ1n) is 7.57. The van der Waals surface area contributed by atoms with E-state index in [4.69, 9.17) is 0 Å². The molecule has 0 aliphatic carbocycles. The number of hydrogen-bond donors (Lipinski definition) is 4. The fraction of sp³-hybridized carbons (Fsp3) is 0.438. The minimum atomic E-state index is -0.351. The lowest BCUT2D eigenvalue weighted by molar-refractivity contribution is -0.140. The summed E-state index contributed by atoms with van der Waals surface area (Å²) in [4.78, 5) is 22.5. The number of carbonyl (C=O) groups is 2. The highest BCUT2D eigenvalue weighted by Crippen LogP contribution is 2.30. The molecule has 0 fully saturated rings. The van der Waals surface area contributed by atoms with E-state index in [2.05, 4.69) is 15.3 Å². The zero-order valence-electron chi connectivity index (χ0n) is 13.5. The number of methoxy groups -OCH3 is 1. The first-order valence-corrected chi connectivity index (χ1v) is 7.57. The van der Waals surface area contributed by atoms with Gasteiger partial charge in [0.05, 0.1) is 18.9 Å². The summed E-state index contributed by atoms with van der Waals surface area (Å²) in [6.45, 7) is 0. The van der Waals surface area contributed by atoms with Crippen LogP contribution in [0.25, 0.3) is 0 Å². The number of hydrogen-bond acceptors (Lipinski definition) is 7. The van der Waals surface area contributed by atoms with Crippen molar-refractivity contribution in [2.75, 3.05) is 7.11 Å². The Bertz CT molecular complexity index is 577. The quantitative estimate of drug-likeness (QED) is 0.235. The van der Waals surface area contributed by atoms with Crippen LogP contribution in [0.3, 0.4) is 0 Å². The molecule has 0 saturated heterocycles. The van der Waals surface area contributed by atoms with Crippen molar-refractivity contribution in [1.29, 1.82) is 0 Å². The molecule has 8 nitrogen and oxygen atoms in total. The third-order valence-corrected chi connectivity index (χ3v) is 3.27. The van der Waals surface area contributed by atoms with Gasteiger partial charge in [-0.1, -0.05) is 12.8 Å². The van der Waals surface area contributed by atoms with Crippen molar-refractivity contribution < 1.29 is 29.6 Å². The van der Waals surface area contributed by atoms with Crippen LogP contribution in [0.2, 0.25) is 0 Å². The Morgan fingerprint density at radius 2 is 1.67 bits per heavy atom. The highest BCUT2D eigenvalue weighted by atomic mass is 16.5. The molecule has 0 unspecified atom stereocenters. The first kappa shape index (κ1) is 19.3. The number of aromatic hydroxyl groups is 3. The Kier molecular flexibility index (Phi) is 8.10. The number of amides is 1. The molecule has 0 aliphatic rings. The van der Waals surface area contributed by atoms with Gasteiger partial charge in [-0.05, 0) is 12.8 Å². The van der Waals surface area contributed by atoms with Crippen molar-refractivity contribution in [2.45, 2.75) is 38.5 Å². The number of esters is 1. The van der Waals surface area contributed by atoms with E-state index in [9.17, 15) is 24.9 Å². The average molecular weight is 338 g/mol. The predicted molar refractivity (Wildman–Crippen MR) is 86.9 cm³/mol. The number of phenols is 3. The van der Waals surface area contributed by atoms with Gasteiger partial charge in [0.15, 0.2) is 0 Å². The highest BCUT2D eigenvalue weighted by molar-refractivity contribution is 5.88. The van der Waals surface area contributed by atoms with Crippen LogP contribution in [0.15, 0.2) is 17.2 Å². The summed E-state index contributed by atoms with van der Waals surface area (Å²) in [6.07, 6.45) is 4.80. The van der Waals surface area contributed by atoms with Crippen LogP contribution in [0.1, 0.15) is 44.1 Å². The molecule has 8 heteroatoms. The molecule has 1 rings (SSSR count). The van der Waals surface area contributed by atoms with E-state index in [0.717, 1.165) is 37.6 Å². The lowest BCUT2D eigenvalue weighted by atomic mass is 10.1. The molecule has 0 saturated carbocycles. The first-order chi connectivity index (χ1) is 11.4. The van der Waals surface area contributed by atoms with Crippen LogP contribution >= 0.6 is 0 Å². The zero-order valence-corrected chi connectivity index (χ0v) is 13.5. The van der Waals surface area contributed by atoms with Gasteiger partial charge in [-0.15, -0.1) is 0 Å². The molecule has 0 aromatic heterocycles. The standard InChI is InChI=1S/C16H22N2O6/c1-24-16(23)7-5-3-2-4-6-15(22)18-17-10-12-13(20)8-11(19)9-14(12)21/h8-10,19-21H,2-7H2,1H3,(H,18,22)/b17-10+. The Morgan fingerprint density at radius 1 is 1.08 bits per heavy atom. The van der Waals surface area contributed by atoms with Crippen molar-refractivity contribution in [3.8, 4) is 17.2 Å². The molecule has 0 spiro atoms. The normalized spacial score (nSPS) is 10.7. The van der Waals surface area contributed by atoms with Crippen LogP contribution < -0.4 is 5.43 Å². The van der Waals surface area contributed by atoms with Crippen LogP contribution in [0, 0.1) is 0 Å². The second-order valence-corrected chi connectivity index (χ2v) is 5.18. The zero-order chi connectivity index (χ0) is 17.9. The summed E-state index contributed by atoms with van der Waals surface area (Å²) in [7, 11) is 1.35. The molecule has 24 heavy (non-hydrogen) atoms. The van der Waals surface area contributed by atoms with E-state index >= 15 is 0 Å². The van der Waals surface area contributed by atoms with Gasteiger partial charge in [0.1, 0.15) is 17.2 Å². The molecule has 1 aromatic rings. The number of benzene rings is 1. The fourth-order valence-corrected chi connectivity index (χ4v) is 1.98. The molecule has 0 atom stereocenters. The predicted octanol–water partition coefficient (Wildman–Crippen LogP) is 1.77. The number of phenolic OH excluding ortho intramolecular Hbond substituents is 3. The lowest BCUT2D eigenvalue weighted by Gasteiger charge is -2.04. The molecule has 0 heterocycles. The summed E-state index contributed by atoms with van der Waals surface area (Å²) < 4.78 is 4.53. The van der Waals surface area contributed by atoms with Crippen molar-refractivity contribution in [3.05, 3.63) is 17.7 Å². The molecule has 1 amide bonds. The van der Waals surface area contributed by atoms with Gasteiger partial charge in [0.25, 0.3) is 0 Å². The molecular weight excluding hydrogens is 316 g/mol. The average Bonchev–Trinajstić information content (AvgIpc) is 2.52. The van der Waals surface area contributed by atoms with E-state index in [-0.39, 0.29) is 41.1 Å². The molecule has 4 N–H and O–H groups in total. The van der Waals surface area contributed by atoms with Crippen molar-refractivity contribution in [2.24, 2.45) is 5.10 Å². The van der Waals surface area contributed by atoms with Crippen LogP contribution in [-0.4, -0.2) is 40.5 Å². The lowest BCUT2D eigenvalue weighted by Crippen LogP contribution is -2.16. The maximum Gasteiger partial charge on any atom is 0.305 e. The van der Waals surface area contributed by atoms with E-state index < -0.39 is 0 Å². The number of nitrogens with one attached hydrogen (secondary N) is 1. The van der Waals surface area contributed by atoms with E-state index in [1.54, 1.807) is 0 Å². The SMILES string of the molecule is COC(=O)CCCCCCC(=O)N/N=C/c1c(O)cc(O)cc1O. The summed E-state index contributed by atoms with van der Waals surface area (Å²) in [6, 6.07) is 2.11. The monoisotopic (exact) mass is 338 g/mol. The van der Waals surface area contributed by atoms with Crippen molar-refractivity contribution in [1.82, 2.24) is 5.43 Å². The van der Waals surface area contributed by atoms with Gasteiger partial charge in [-0.25, -0.2) is 5.43 Å². The van der Waals surface area contributed by atoms with Crippen molar-refractivity contribution in [3.63, 3.8) is 0 Å². The molecular formula is C16H22N2O6. The van der Waals surface area contributed by atoms with Crippen molar-refractivity contribution >= 4 is 18.1 Å². The maximum atomic E-state index is 11.6. The van der Waals surface area contributed by atoms with E-state index in [1.807, 2.05) is 0 Å². The third-order valence-electron chi connectivity index (χ3n) is 3.27. The van der Waals surface area contributed by atoms with E-state index in [0.29, 0.717) is 12.8 Å². The third kappa shape index (κ3) is 6.99. The smallest absolute Gasteiger partial charge is 0.305 e. The Morgan fingerprint density at radius 3 is 2.25 bits per heavy atom. The number of rotatable bonds is 9. The number of hydrazone groups is 1. The number of nitrogens with zero attached hydrogens (tertiary/aromatic N) is 1. The summed E-state index contributed by atoms with van der Waals surface area (Å²) >= 11 is 0. The van der Waals surface area contributed by atoms with Gasteiger partial charge in [0.2, 0.25) is 5.91 Å². The Labute approximate surface area is 139 Å².